The normalized spacial score (nSPS) is 11.0. The SMILES string of the molecule is C=C(N)S(=O)(=O)F. The Hall–Kier alpha value is -0.580. The second-order valence-corrected chi connectivity index (χ2v) is 2.30. The molecule has 0 saturated carbocycles. The Kier molecular flexibility index (Phi) is 1.37. The highest BCUT2D eigenvalue weighted by atomic mass is 32.3. The monoisotopic (exact) mass is 125 g/mol. The molecule has 0 aromatic rings. The average Bonchev–Trinajstić information content (AvgIpc) is 1.31. The summed E-state index contributed by atoms with van der Waals surface area (Å²) in [5, 5.41) is -0.951. The van der Waals surface area contributed by atoms with E-state index >= 15 is 0 Å². The van der Waals surface area contributed by atoms with Crippen LogP contribution in [0.4, 0.5) is 3.89 Å². The largest absolute Gasteiger partial charge is 0.388 e. The van der Waals surface area contributed by atoms with Crippen LogP contribution >= 0.6 is 0 Å². The first kappa shape index (κ1) is 6.42. The first-order chi connectivity index (χ1) is 2.94. The van der Waals surface area contributed by atoms with Crippen molar-refractivity contribution >= 4 is 10.2 Å². The van der Waals surface area contributed by atoms with Gasteiger partial charge in [-0.25, -0.2) is 0 Å². The fraction of sp³-hybridized carbons (Fsp3) is 0. The molecule has 0 saturated heterocycles. The number of halogens is 1. The molecule has 0 bridgehead atoms. The van der Waals surface area contributed by atoms with Gasteiger partial charge in [-0.3, -0.25) is 0 Å². The molecule has 0 aliphatic heterocycles. The second-order valence-electron chi connectivity index (χ2n) is 0.904. The highest BCUT2D eigenvalue weighted by molar-refractivity contribution is 7.90. The maximum Gasteiger partial charge on any atom is 0.346 e. The first-order valence-electron chi connectivity index (χ1n) is 1.33. The molecule has 0 heterocycles. The molecule has 5 heteroatoms. The summed E-state index contributed by atoms with van der Waals surface area (Å²) in [4.78, 5) is 0. The van der Waals surface area contributed by atoms with Gasteiger partial charge in [0, 0.05) is 0 Å². The molecule has 0 aromatic carbocycles. The molecule has 0 unspecified atom stereocenters. The maximum atomic E-state index is 11.3. The summed E-state index contributed by atoms with van der Waals surface area (Å²) in [6, 6.07) is 0. The summed E-state index contributed by atoms with van der Waals surface area (Å²) in [5.74, 6) is 0. The number of nitrogens with two attached hydrogens (primary N) is 1. The quantitative estimate of drug-likeness (QED) is 0.490. The Morgan fingerprint density at radius 1 is 1.71 bits per heavy atom. The molecule has 0 aromatic heterocycles. The molecule has 0 spiro atoms. The molecule has 0 rings (SSSR count). The number of hydrogen-bond acceptors (Lipinski definition) is 3. The summed E-state index contributed by atoms with van der Waals surface area (Å²) in [6.45, 7) is 2.64. The van der Waals surface area contributed by atoms with Crippen LogP contribution in [-0.4, -0.2) is 8.42 Å². The van der Waals surface area contributed by atoms with Crippen LogP contribution in [0.2, 0.25) is 0 Å². The average molecular weight is 125 g/mol. The minimum Gasteiger partial charge on any atom is -0.388 e. The van der Waals surface area contributed by atoms with E-state index in [1.54, 1.807) is 0 Å². The third-order valence-electron chi connectivity index (χ3n) is 0.313. The Morgan fingerprint density at radius 3 is 1.86 bits per heavy atom. The predicted octanol–water partition coefficient (Wildman–Crippen LogP) is -0.284. The molecule has 0 radical (unpaired) electrons. The van der Waals surface area contributed by atoms with Gasteiger partial charge in [0.1, 0.15) is 0 Å². The van der Waals surface area contributed by atoms with Crippen molar-refractivity contribution in [3.63, 3.8) is 0 Å². The van der Waals surface area contributed by atoms with Crippen molar-refractivity contribution in [2.24, 2.45) is 5.73 Å². The molecule has 0 fully saturated rings. The van der Waals surface area contributed by atoms with E-state index in [2.05, 4.69) is 12.3 Å². The smallest absolute Gasteiger partial charge is 0.346 e. The van der Waals surface area contributed by atoms with Gasteiger partial charge in [-0.2, -0.15) is 8.42 Å². The van der Waals surface area contributed by atoms with E-state index in [0.29, 0.717) is 0 Å². The zero-order valence-electron chi connectivity index (χ0n) is 3.39. The van der Waals surface area contributed by atoms with Crippen LogP contribution in [-0.2, 0) is 10.2 Å². The van der Waals surface area contributed by atoms with E-state index < -0.39 is 15.3 Å². The van der Waals surface area contributed by atoms with Gasteiger partial charge >= 0.3 is 10.2 Å². The van der Waals surface area contributed by atoms with Crippen LogP contribution in [0.1, 0.15) is 0 Å². The third-order valence-corrected chi connectivity index (χ3v) is 0.940. The predicted molar refractivity (Wildman–Crippen MR) is 23.4 cm³/mol. The Labute approximate surface area is 40.8 Å². The van der Waals surface area contributed by atoms with Gasteiger partial charge < -0.3 is 5.73 Å². The number of rotatable bonds is 1. The van der Waals surface area contributed by atoms with Gasteiger partial charge in [0.05, 0.1) is 0 Å². The Bertz CT molecular complexity index is 170. The molecule has 42 valence electrons. The molecule has 0 aliphatic rings. The summed E-state index contributed by atoms with van der Waals surface area (Å²) >= 11 is 0. The van der Waals surface area contributed by atoms with Crippen LogP contribution in [0.5, 0.6) is 0 Å². The molecule has 2 N–H and O–H groups in total. The van der Waals surface area contributed by atoms with E-state index in [9.17, 15) is 12.3 Å². The highest BCUT2D eigenvalue weighted by Gasteiger charge is 2.06. The van der Waals surface area contributed by atoms with Gasteiger partial charge in [0.15, 0.2) is 5.03 Å². The zero-order valence-corrected chi connectivity index (χ0v) is 4.20. The topological polar surface area (TPSA) is 60.2 Å². The minimum absolute atomic E-state index is 0.951. The standard InChI is InChI=1S/C2H4FNO2S/c1-2(4)7(3,5)6/h1,4H2. The molecule has 7 heavy (non-hydrogen) atoms. The Morgan fingerprint density at radius 2 is 1.86 bits per heavy atom. The molecule has 0 atom stereocenters. The lowest BCUT2D eigenvalue weighted by molar-refractivity contribution is 0.559. The van der Waals surface area contributed by atoms with Crippen LogP contribution in [0.15, 0.2) is 11.6 Å². The van der Waals surface area contributed by atoms with Crippen LogP contribution < -0.4 is 5.73 Å². The van der Waals surface area contributed by atoms with E-state index in [0.717, 1.165) is 0 Å². The van der Waals surface area contributed by atoms with Gasteiger partial charge in [0.25, 0.3) is 0 Å². The highest BCUT2D eigenvalue weighted by Crippen LogP contribution is 1.95. The van der Waals surface area contributed by atoms with Crippen molar-refractivity contribution in [3.8, 4) is 0 Å². The molecule has 3 nitrogen and oxygen atoms in total. The van der Waals surface area contributed by atoms with Gasteiger partial charge in [-0.15, -0.1) is 0 Å². The van der Waals surface area contributed by atoms with E-state index in [-0.39, 0.29) is 0 Å². The van der Waals surface area contributed by atoms with E-state index in [1.807, 2.05) is 0 Å². The van der Waals surface area contributed by atoms with Crippen molar-refractivity contribution in [1.29, 1.82) is 0 Å². The van der Waals surface area contributed by atoms with Gasteiger partial charge in [0.2, 0.25) is 0 Å². The minimum atomic E-state index is -4.66. The van der Waals surface area contributed by atoms with E-state index in [1.165, 1.54) is 0 Å². The van der Waals surface area contributed by atoms with Crippen molar-refractivity contribution < 1.29 is 12.3 Å². The zero-order chi connectivity index (χ0) is 6.08. The molecular weight excluding hydrogens is 121 g/mol. The second kappa shape index (κ2) is 1.49. The van der Waals surface area contributed by atoms with Crippen molar-refractivity contribution in [1.82, 2.24) is 0 Å². The number of hydrogen-bond donors (Lipinski definition) is 1. The maximum absolute atomic E-state index is 11.3. The van der Waals surface area contributed by atoms with Crippen molar-refractivity contribution in [2.75, 3.05) is 0 Å². The van der Waals surface area contributed by atoms with Crippen LogP contribution in [0.25, 0.3) is 0 Å². The summed E-state index contributed by atoms with van der Waals surface area (Å²) in [5.41, 5.74) is 4.41. The van der Waals surface area contributed by atoms with Crippen molar-refractivity contribution in [3.05, 3.63) is 11.6 Å². The molecule has 0 amide bonds. The Balaban J connectivity index is 4.43. The summed E-state index contributed by atoms with van der Waals surface area (Å²) < 4.78 is 30.1. The lowest BCUT2D eigenvalue weighted by Crippen LogP contribution is -2.03. The van der Waals surface area contributed by atoms with Gasteiger partial charge in [-0.1, -0.05) is 10.5 Å². The first-order valence-corrected chi connectivity index (χ1v) is 2.72. The summed E-state index contributed by atoms with van der Waals surface area (Å²) in [6.07, 6.45) is 0. The van der Waals surface area contributed by atoms with Crippen molar-refractivity contribution in [2.45, 2.75) is 0 Å². The van der Waals surface area contributed by atoms with Crippen LogP contribution in [0.3, 0.4) is 0 Å². The summed E-state index contributed by atoms with van der Waals surface area (Å²) in [7, 11) is -4.66. The van der Waals surface area contributed by atoms with Crippen LogP contribution in [0, 0.1) is 0 Å². The fourth-order valence-electron chi connectivity index (χ4n) is 0. The lowest BCUT2D eigenvalue weighted by atomic mass is 11.1. The fourth-order valence-corrected chi connectivity index (χ4v) is 0. The lowest BCUT2D eigenvalue weighted by Gasteiger charge is -1.83. The molecule has 0 aliphatic carbocycles. The van der Waals surface area contributed by atoms with Gasteiger partial charge in [-0.05, 0) is 0 Å². The third kappa shape index (κ3) is 2.16. The molecular formula is C2H4FNO2S. The van der Waals surface area contributed by atoms with E-state index in [4.69, 9.17) is 0 Å².